The highest BCUT2D eigenvalue weighted by Gasteiger charge is 1.92. The van der Waals surface area contributed by atoms with Crippen molar-refractivity contribution in [3.63, 3.8) is 0 Å². The molecule has 0 unspecified atom stereocenters. The van der Waals surface area contributed by atoms with Gasteiger partial charge in [-0.25, -0.2) is 0 Å². The Balaban J connectivity index is 2.82. The van der Waals surface area contributed by atoms with Crippen LogP contribution in [0, 0.1) is 5.92 Å². The summed E-state index contributed by atoms with van der Waals surface area (Å²) in [5.41, 5.74) is 0. The summed E-state index contributed by atoms with van der Waals surface area (Å²) in [6, 6.07) is 0. The van der Waals surface area contributed by atoms with Crippen LogP contribution < -0.4 is 0 Å². The fourth-order valence-electron chi connectivity index (χ4n) is 0.621. The second-order valence-electron chi connectivity index (χ2n) is 2.50. The largest absolute Gasteiger partial charge is 0.396 e. The van der Waals surface area contributed by atoms with Crippen LogP contribution >= 0.6 is 0 Å². The zero-order chi connectivity index (χ0) is 7.11. The predicted molar refractivity (Wildman–Crippen MR) is 39.6 cm³/mol. The molecule has 0 aromatic heterocycles. The molecular weight excluding hydrogens is 114 g/mol. The van der Waals surface area contributed by atoms with E-state index in [4.69, 9.17) is 4.84 Å². The zero-order valence-corrected chi connectivity index (χ0v) is 6.26. The monoisotopic (exact) mass is 129 g/mol. The fraction of sp³-hybridized carbons (Fsp3) is 0.857. The first-order valence-corrected chi connectivity index (χ1v) is 3.35. The zero-order valence-electron chi connectivity index (χ0n) is 6.26. The molecular formula is C7H15NO. The van der Waals surface area contributed by atoms with E-state index in [1.165, 1.54) is 6.42 Å². The Kier molecular flexibility index (Phi) is 5.27. The highest BCUT2D eigenvalue weighted by Crippen LogP contribution is 2.02. The standard InChI is InChI=1S/C7H15NO/c1-7(2)5-4-6-9-8-3/h7H,3-6H2,1-2H3. The molecule has 0 saturated carbocycles. The molecule has 0 aliphatic heterocycles. The van der Waals surface area contributed by atoms with Gasteiger partial charge in [0.25, 0.3) is 0 Å². The van der Waals surface area contributed by atoms with Crippen molar-refractivity contribution in [2.24, 2.45) is 11.1 Å². The molecule has 0 aromatic rings. The third kappa shape index (κ3) is 7.47. The van der Waals surface area contributed by atoms with Crippen molar-refractivity contribution in [3.8, 4) is 0 Å². The van der Waals surface area contributed by atoms with E-state index in [0.717, 1.165) is 12.3 Å². The van der Waals surface area contributed by atoms with E-state index in [-0.39, 0.29) is 0 Å². The molecule has 0 fully saturated rings. The van der Waals surface area contributed by atoms with Crippen molar-refractivity contribution in [2.45, 2.75) is 26.7 Å². The number of hydrogen-bond acceptors (Lipinski definition) is 2. The maximum Gasteiger partial charge on any atom is 0.117 e. The van der Waals surface area contributed by atoms with Crippen molar-refractivity contribution in [2.75, 3.05) is 6.61 Å². The van der Waals surface area contributed by atoms with Gasteiger partial charge in [-0.05, 0) is 18.8 Å². The average molecular weight is 129 g/mol. The molecule has 0 amide bonds. The van der Waals surface area contributed by atoms with E-state index in [1.54, 1.807) is 0 Å². The summed E-state index contributed by atoms with van der Waals surface area (Å²) in [5.74, 6) is 0.762. The molecule has 0 heterocycles. The second kappa shape index (κ2) is 5.60. The third-order valence-corrected chi connectivity index (χ3v) is 1.11. The Labute approximate surface area is 56.9 Å². The second-order valence-corrected chi connectivity index (χ2v) is 2.50. The molecule has 0 aliphatic carbocycles. The van der Waals surface area contributed by atoms with Crippen LogP contribution in [0.3, 0.4) is 0 Å². The molecule has 0 spiro atoms. The lowest BCUT2D eigenvalue weighted by Gasteiger charge is -2.01. The Hall–Kier alpha value is -0.530. The van der Waals surface area contributed by atoms with E-state index in [0.29, 0.717) is 6.61 Å². The van der Waals surface area contributed by atoms with Crippen LogP contribution in [0.25, 0.3) is 0 Å². The smallest absolute Gasteiger partial charge is 0.117 e. The Morgan fingerprint density at radius 1 is 1.56 bits per heavy atom. The molecule has 2 heteroatoms. The lowest BCUT2D eigenvalue weighted by Crippen LogP contribution is -1.92. The van der Waals surface area contributed by atoms with Gasteiger partial charge in [-0.2, -0.15) is 0 Å². The van der Waals surface area contributed by atoms with Gasteiger partial charge >= 0.3 is 0 Å². The first kappa shape index (κ1) is 8.47. The lowest BCUT2D eigenvalue weighted by atomic mass is 10.1. The van der Waals surface area contributed by atoms with Crippen molar-refractivity contribution in [1.82, 2.24) is 0 Å². The average Bonchev–Trinajstić information content (AvgIpc) is 1.80. The van der Waals surface area contributed by atoms with Gasteiger partial charge in [-0.1, -0.05) is 13.8 Å². The minimum Gasteiger partial charge on any atom is -0.396 e. The maximum absolute atomic E-state index is 4.70. The highest BCUT2D eigenvalue weighted by atomic mass is 16.6. The summed E-state index contributed by atoms with van der Waals surface area (Å²) < 4.78 is 0. The molecule has 2 nitrogen and oxygen atoms in total. The van der Waals surface area contributed by atoms with Gasteiger partial charge in [0.05, 0.1) is 0 Å². The van der Waals surface area contributed by atoms with Crippen LogP contribution in [0.1, 0.15) is 26.7 Å². The van der Waals surface area contributed by atoms with Crippen LogP contribution in [-0.4, -0.2) is 13.3 Å². The van der Waals surface area contributed by atoms with Crippen LogP contribution in [0.2, 0.25) is 0 Å². The number of oxime groups is 1. The van der Waals surface area contributed by atoms with Crippen LogP contribution in [-0.2, 0) is 4.84 Å². The molecule has 54 valence electrons. The number of hydrogen-bond donors (Lipinski definition) is 0. The maximum atomic E-state index is 4.70. The first-order chi connectivity index (χ1) is 4.27. The van der Waals surface area contributed by atoms with Crippen LogP contribution in [0.5, 0.6) is 0 Å². The lowest BCUT2D eigenvalue weighted by molar-refractivity contribution is 0.140. The molecule has 9 heavy (non-hydrogen) atoms. The minimum atomic E-state index is 0.710. The van der Waals surface area contributed by atoms with Gasteiger partial charge < -0.3 is 4.84 Å². The summed E-state index contributed by atoms with van der Waals surface area (Å²) in [6.07, 6.45) is 2.28. The topological polar surface area (TPSA) is 21.6 Å². The van der Waals surface area contributed by atoms with Crippen molar-refractivity contribution < 1.29 is 4.84 Å². The van der Waals surface area contributed by atoms with E-state index >= 15 is 0 Å². The van der Waals surface area contributed by atoms with Gasteiger partial charge in [0.2, 0.25) is 0 Å². The molecule has 0 atom stereocenters. The summed E-state index contributed by atoms with van der Waals surface area (Å²) in [4.78, 5) is 4.70. The highest BCUT2D eigenvalue weighted by molar-refractivity contribution is 5.21. The van der Waals surface area contributed by atoms with Crippen LogP contribution in [0.15, 0.2) is 5.16 Å². The fourth-order valence-corrected chi connectivity index (χ4v) is 0.621. The number of nitrogens with zero attached hydrogens (tertiary/aromatic N) is 1. The number of rotatable bonds is 5. The summed E-state index contributed by atoms with van der Waals surface area (Å²) in [6.45, 7) is 8.31. The van der Waals surface area contributed by atoms with Gasteiger partial charge in [0.15, 0.2) is 0 Å². The van der Waals surface area contributed by atoms with Gasteiger partial charge in [-0.3, -0.25) is 0 Å². The molecule has 0 rings (SSSR count). The van der Waals surface area contributed by atoms with Crippen molar-refractivity contribution in [1.29, 1.82) is 0 Å². The Morgan fingerprint density at radius 3 is 2.67 bits per heavy atom. The van der Waals surface area contributed by atoms with Crippen molar-refractivity contribution in [3.05, 3.63) is 0 Å². The van der Waals surface area contributed by atoms with E-state index in [9.17, 15) is 0 Å². The van der Waals surface area contributed by atoms with Gasteiger partial charge in [0, 0.05) is 6.72 Å². The molecule has 0 N–H and O–H groups in total. The third-order valence-electron chi connectivity index (χ3n) is 1.11. The SMILES string of the molecule is C=NOCCCC(C)C. The van der Waals surface area contributed by atoms with Crippen LogP contribution in [0.4, 0.5) is 0 Å². The summed E-state index contributed by atoms with van der Waals surface area (Å²) in [7, 11) is 0. The summed E-state index contributed by atoms with van der Waals surface area (Å²) in [5, 5.41) is 3.28. The van der Waals surface area contributed by atoms with Gasteiger partial charge in [-0.15, -0.1) is 5.16 Å². The molecule has 0 bridgehead atoms. The first-order valence-electron chi connectivity index (χ1n) is 3.35. The molecule has 0 aliphatic rings. The van der Waals surface area contributed by atoms with Gasteiger partial charge in [0.1, 0.15) is 6.61 Å². The molecule has 0 saturated heterocycles. The normalized spacial score (nSPS) is 9.67. The van der Waals surface area contributed by atoms with E-state index in [2.05, 4.69) is 25.7 Å². The minimum absolute atomic E-state index is 0.710. The Morgan fingerprint density at radius 2 is 2.22 bits per heavy atom. The molecule has 0 radical (unpaired) electrons. The summed E-state index contributed by atoms with van der Waals surface area (Å²) >= 11 is 0. The predicted octanol–water partition coefficient (Wildman–Crippen LogP) is 2.05. The molecule has 0 aromatic carbocycles. The van der Waals surface area contributed by atoms with E-state index in [1.807, 2.05) is 0 Å². The van der Waals surface area contributed by atoms with E-state index < -0.39 is 0 Å². The quantitative estimate of drug-likeness (QED) is 0.316. The Bertz CT molecular complexity index is 71.3. The van der Waals surface area contributed by atoms with Crippen molar-refractivity contribution >= 4 is 6.72 Å².